The van der Waals surface area contributed by atoms with Crippen LogP contribution in [-0.4, -0.2) is 41.5 Å². The Morgan fingerprint density at radius 2 is 1.92 bits per heavy atom. The number of anilines is 1. The molecule has 9 heteroatoms. The average Bonchev–Trinajstić information content (AvgIpc) is 2.61. The second-order valence-electron chi connectivity index (χ2n) is 4.99. The van der Waals surface area contributed by atoms with Crippen LogP contribution >= 0.6 is 11.8 Å². The van der Waals surface area contributed by atoms with Crippen LogP contribution in [0.2, 0.25) is 0 Å². The first-order chi connectivity index (χ1) is 11.8. The van der Waals surface area contributed by atoms with Crippen molar-refractivity contribution in [2.75, 3.05) is 25.2 Å². The number of benzene rings is 1. The van der Waals surface area contributed by atoms with Gasteiger partial charge in [-0.15, -0.1) is 11.8 Å². The van der Waals surface area contributed by atoms with Crippen molar-refractivity contribution >= 4 is 29.3 Å². The Labute approximate surface area is 146 Å². The molecule has 1 N–H and O–H groups in total. The molecule has 0 fully saturated rings. The van der Waals surface area contributed by atoms with E-state index in [4.69, 9.17) is 0 Å². The van der Waals surface area contributed by atoms with Gasteiger partial charge < -0.3 is 10.2 Å². The van der Waals surface area contributed by atoms with E-state index in [9.17, 15) is 22.8 Å². The number of pyridine rings is 1. The van der Waals surface area contributed by atoms with Crippen molar-refractivity contribution in [1.29, 1.82) is 0 Å². The zero-order chi connectivity index (χ0) is 18.6. The number of halogens is 3. The Balaban J connectivity index is 2.07. The molecule has 0 saturated heterocycles. The van der Waals surface area contributed by atoms with Crippen molar-refractivity contribution in [1.82, 2.24) is 9.88 Å². The van der Waals surface area contributed by atoms with E-state index in [0.29, 0.717) is 16.7 Å². The first-order valence-corrected chi connectivity index (χ1v) is 8.25. The van der Waals surface area contributed by atoms with Gasteiger partial charge in [-0.25, -0.2) is 18.2 Å². The predicted molar refractivity (Wildman–Crippen MR) is 87.9 cm³/mol. The molecule has 0 aliphatic heterocycles. The Hall–Kier alpha value is -2.55. The molecule has 1 aromatic heterocycles. The van der Waals surface area contributed by atoms with Gasteiger partial charge in [0.05, 0.1) is 17.8 Å². The van der Waals surface area contributed by atoms with Crippen molar-refractivity contribution in [2.45, 2.75) is 5.03 Å². The Morgan fingerprint density at radius 3 is 2.60 bits per heavy atom. The minimum atomic E-state index is -1.68. The summed E-state index contributed by atoms with van der Waals surface area (Å²) < 4.78 is 39.6. The van der Waals surface area contributed by atoms with E-state index in [1.807, 2.05) is 0 Å². The standard InChI is InChI=1S/C16H14F3N3O2S/c1-22(16(24)9-4-3-7-20-15(9)25-2)8-12(23)21-11-6-5-10(17)13(18)14(11)19/h3-7H,8H2,1-2H3,(H,21,23). The highest BCUT2D eigenvalue weighted by Crippen LogP contribution is 2.20. The Bertz CT molecular complexity index is 817. The number of carbonyl (C=O) groups is 2. The molecule has 0 saturated carbocycles. The van der Waals surface area contributed by atoms with E-state index in [1.54, 1.807) is 24.6 Å². The van der Waals surface area contributed by atoms with Gasteiger partial charge in [-0.1, -0.05) is 0 Å². The summed E-state index contributed by atoms with van der Waals surface area (Å²) in [6, 6.07) is 4.77. The van der Waals surface area contributed by atoms with Crippen LogP contribution in [0.1, 0.15) is 10.4 Å². The molecule has 0 bridgehead atoms. The number of nitrogens with zero attached hydrogens (tertiary/aromatic N) is 2. The maximum atomic E-state index is 13.6. The maximum absolute atomic E-state index is 13.6. The lowest BCUT2D eigenvalue weighted by molar-refractivity contribution is -0.116. The summed E-state index contributed by atoms with van der Waals surface area (Å²) in [6.07, 6.45) is 3.30. The molecule has 0 spiro atoms. The van der Waals surface area contributed by atoms with Crippen LogP contribution in [0.3, 0.4) is 0 Å². The maximum Gasteiger partial charge on any atom is 0.256 e. The van der Waals surface area contributed by atoms with Gasteiger partial charge in [-0.2, -0.15) is 0 Å². The monoisotopic (exact) mass is 369 g/mol. The van der Waals surface area contributed by atoms with E-state index in [-0.39, 0.29) is 0 Å². The fourth-order valence-electron chi connectivity index (χ4n) is 2.02. The van der Waals surface area contributed by atoms with Crippen molar-refractivity contribution in [2.24, 2.45) is 0 Å². The van der Waals surface area contributed by atoms with Gasteiger partial charge in [-0.05, 0) is 30.5 Å². The molecule has 1 aromatic carbocycles. The lowest BCUT2D eigenvalue weighted by atomic mass is 10.2. The number of nitrogens with one attached hydrogen (secondary N) is 1. The second-order valence-corrected chi connectivity index (χ2v) is 5.79. The topological polar surface area (TPSA) is 62.3 Å². The first kappa shape index (κ1) is 18.8. The molecule has 2 aromatic rings. The summed E-state index contributed by atoms with van der Waals surface area (Å²) >= 11 is 1.28. The number of aromatic nitrogens is 1. The molecule has 0 aliphatic carbocycles. The number of rotatable bonds is 5. The van der Waals surface area contributed by atoms with Crippen molar-refractivity contribution in [3.8, 4) is 0 Å². The second kappa shape index (κ2) is 8.02. The Morgan fingerprint density at radius 1 is 1.20 bits per heavy atom. The number of carbonyl (C=O) groups excluding carboxylic acids is 2. The summed E-state index contributed by atoms with van der Waals surface area (Å²) in [5.74, 6) is -5.74. The van der Waals surface area contributed by atoms with Crippen LogP contribution in [0.5, 0.6) is 0 Å². The summed E-state index contributed by atoms with van der Waals surface area (Å²) in [7, 11) is 1.39. The third kappa shape index (κ3) is 4.30. The normalized spacial score (nSPS) is 10.4. The van der Waals surface area contributed by atoms with Crippen LogP contribution < -0.4 is 5.32 Å². The first-order valence-electron chi connectivity index (χ1n) is 7.03. The minimum Gasteiger partial charge on any atom is -0.332 e. The van der Waals surface area contributed by atoms with Crippen LogP contribution in [-0.2, 0) is 4.79 Å². The van der Waals surface area contributed by atoms with E-state index in [1.165, 1.54) is 18.8 Å². The molecule has 2 amide bonds. The molecule has 1 heterocycles. The van der Waals surface area contributed by atoms with Crippen LogP contribution in [0.15, 0.2) is 35.5 Å². The summed E-state index contributed by atoms with van der Waals surface area (Å²) in [5, 5.41) is 2.61. The van der Waals surface area contributed by atoms with Gasteiger partial charge in [-0.3, -0.25) is 9.59 Å². The zero-order valence-corrected chi connectivity index (χ0v) is 14.2. The largest absolute Gasteiger partial charge is 0.332 e. The summed E-state index contributed by atoms with van der Waals surface area (Å²) in [6.45, 7) is -0.403. The van der Waals surface area contributed by atoms with Gasteiger partial charge in [0.25, 0.3) is 5.91 Å². The van der Waals surface area contributed by atoms with Gasteiger partial charge in [0, 0.05) is 13.2 Å². The van der Waals surface area contributed by atoms with Gasteiger partial charge in [0.1, 0.15) is 5.03 Å². The van der Waals surface area contributed by atoms with Crippen molar-refractivity contribution in [3.63, 3.8) is 0 Å². The SMILES string of the molecule is CSc1ncccc1C(=O)N(C)CC(=O)Nc1ccc(F)c(F)c1F. The molecule has 5 nitrogen and oxygen atoms in total. The van der Waals surface area contributed by atoms with Crippen LogP contribution in [0.4, 0.5) is 18.9 Å². The van der Waals surface area contributed by atoms with E-state index in [0.717, 1.165) is 11.0 Å². The molecular weight excluding hydrogens is 355 g/mol. The average molecular weight is 369 g/mol. The summed E-state index contributed by atoms with van der Waals surface area (Å²) in [4.78, 5) is 29.5. The number of thioether (sulfide) groups is 1. The smallest absolute Gasteiger partial charge is 0.256 e. The third-order valence-electron chi connectivity index (χ3n) is 3.23. The van der Waals surface area contributed by atoms with Crippen molar-refractivity contribution in [3.05, 3.63) is 53.5 Å². The van der Waals surface area contributed by atoms with Crippen LogP contribution in [0, 0.1) is 17.5 Å². The number of hydrogen-bond acceptors (Lipinski definition) is 4. The molecule has 132 valence electrons. The molecule has 0 atom stereocenters. The highest BCUT2D eigenvalue weighted by molar-refractivity contribution is 7.98. The molecular formula is C16H14F3N3O2S. The fraction of sp³-hybridized carbons (Fsp3) is 0.188. The highest BCUT2D eigenvalue weighted by atomic mass is 32.2. The third-order valence-corrected chi connectivity index (χ3v) is 3.94. The Kier molecular flexibility index (Phi) is 6.02. The number of likely N-dealkylation sites (N-methyl/N-ethyl adjacent to an activating group) is 1. The van der Waals surface area contributed by atoms with E-state index >= 15 is 0 Å². The quantitative estimate of drug-likeness (QED) is 0.650. The molecule has 25 heavy (non-hydrogen) atoms. The predicted octanol–water partition coefficient (Wildman–Crippen LogP) is 2.93. The van der Waals surface area contributed by atoms with Gasteiger partial charge >= 0.3 is 0 Å². The highest BCUT2D eigenvalue weighted by Gasteiger charge is 2.20. The minimum absolute atomic E-state index is 0.323. The fourth-order valence-corrected chi connectivity index (χ4v) is 2.56. The molecule has 0 radical (unpaired) electrons. The molecule has 0 aliphatic rings. The van der Waals surface area contributed by atoms with E-state index in [2.05, 4.69) is 10.3 Å². The lowest BCUT2D eigenvalue weighted by Crippen LogP contribution is -2.35. The zero-order valence-electron chi connectivity index (χ0n) is 13.3. The molecule has 0 unspecified atom stereocenters. The van der Waals surface area contributed by atoms with Gasteiger partial charge in [0.2, 0.25) is 5.91 Å². The number of amides is 2. The molecule has 2 rings (SSSR count). The van der Waals surface area contributed by atoms with Crippen molar-refractivity contribution < 1.29 is 22.8 Å². The van der Waals surface area contributed by atoms with Gasteiger partial charge in [0.15, 0.2) is 17.5 Å². The number of hydrogen-bond donors (Lipinski definition) is 1. The lowest BCUT2D eigenvalue weighted by Gasteiger charge is -2.18. The van der Waals surface area contributed by atoms with Crippen LogP contribution in [0.25, 0.3) is 0 Å². The summed E-state index contributed by atoms with van der Waals surface area (Å²) in [5.41, 5.74) is -0.180. The van der Waals surface area contributed by atoms with E-state index < -0.39 is 41.5 Å².